The van der Waals surface area contributed by atoms with Crippen LogP contribution in [-0.2, 0) is 71.2 Å². The number of halogens is 3. The predicted molar refractivity (Wildman–Crippen MR) is 460 cm³/mol. The van der Waals surface area contributed by atoms with Crippen molar-refractivity contribution >= 4 is 29.4 Å². The maximum Gasteiger partial charge on any atom is 0.490 e. The number of ether oxygens (including phenoxy) is 5. The van der Waals surface area contributed by atoms with Crippen molar-refractivity contribution in [2.24, 2.45) is 17.8 Å². The van der Waals surface area contributed by atoms with Crippen LogP contribution < -0.4 is 24.8 Å². The number of rotatable bonds is 13. The number of phenolic OH excluding ortho intramolecular Hbond substituents is 4. The summed E-state index contributed by atoms with van der Waals surface area (Å²) in [4.78, 5) is 63.0. The number of morpholine rings is 1. The third kappa shape index (κ3) is 12.3. The number of phenols is 4. The monoisotopic (exact) mass is 1760 g/mol. The normalized spacial score (nSPS) is 37.8. The third-order valence-electron chi connectivity index (χ3n) is 35.0. The van der Waals surface area contributed by atoms with Crippen LogP contribution in [0.5, 0.6) is 40.2 Å². The summed E-state index contributed by atoms with van der Waals surface area (Å²) in [5, 5.41) is 111. The molecule has 6 aromatic rings. The van der Waals surface area contributed by atoms with Gasteiger partial charge in [0.1, 0.15) is 65.3 Å². The number of hydroxylamine groups is 12. The highest BCUT2D eigenvalue weighted by Gasteiger charge is 2.82. The molecule has 2 amide bonds. The molecule has 8 N–H and O–H groups in total. The SMILES string of the molecule is C=C1CC[C@]23OCC[N+]4(O)CC[C@@]25c2c(ccc(O)c2O[C@@H]15)C[C@H]34.CCCOC12CCCC[C@@]13CC[N+]([O-])(CC1CC1)[C@@H]2Cc1ccc(O)cc13.Cc1ccc(C(=O)NC23CCC(=O)C4Oc5c(O)ccc6c5[C@@]42CC[N+]([O-])(CC2CC2)[C@@H]3C6)cc1.Cc1ccc(C(=O)NC23CCC(=O)C4Oc5c(O)ccc6c5[C@@]42CC[N+]([O-])(CC2CC2)[C@@H]3C6)cc1.O=C(O)C(F)(F)F. The Labute approximate surface area is 741 Å². The molecule has 12 fully saturated rings. The van der Waals surface area contributed by atoms with E-state index in [4.69, 9.17) is 33.6 Å². The molecule has 25 nitrogen and oxygen atoms in total. The Kier molecular flexibility index (Phi) is 19.8. The number of ketones is 2. The number of hydrogen-bond donors (Lipinski definition) is 8. The number of fused-ring (bicyclic) bond motifs is 1. The van der Waals surface area contributed by atoms with E-state index in [0.717, 1.165) is 154 Å². The fourth-order valence-electron chi connectivity index (χ4n) is 29.1. The molecular formula is C100H116F3N6O19+. The molecule has 0 radical (unpaired) electrons. The van der Waals surface area contributed by atoms with Crippen molar-refractivity contribution in [2.75, 3.05) is 65.6 Å². The molecule has 9 unspecified atom stereocenters. The standard InChI is InChI=1S/2C28H30N2O5.C23H33NO3.C19H21NO4.C2HF3O2/c2*1-16-2-6-18(7-3-16)26(33)29-28-11-10-21(32)25-27(28)12-13-30(34,15-17-4-5-17)22(28)14-19-8-9-20(31)24(35-25)23(19)27;1-2-13-27-23-10-4-3-9-22(23)11-12-24(26,16-17-5-6-17)21(23)14-18-7-8-19(25)15-20(18)22;1-11-4-5-19-14-10-12-2-3-13(21)16-15(12)18(19,17(11)24-16)6-7-20(14,22)8-9-23-19;3-2(4,5)1(6)7/h2*2-3,6-9,17,22,25,31H,4-5,10-15H2,1H3,(H,29,33);7-8,15,17,21,25H,2-6,9-14,16H2,1H3;2-3,14,17,22H,1,4-10H2;(H,6,7)/p+1/t2*22-,25?,27+,28?,30?;21-,22+,23?,24?;14-,17+,18+,19-,20?;/m1111./s1. The van der Waals surface area contributed by atoms with Gasteiger partial charge in [-0.1, -0.05) is 86.0 Å². The van der Waals surface area contributed by atoms with Crippen LogP contribution in [0.3, 0.4) is 0 Å². The van der Waals surface area contributed by atoms with Crippen LogP contribution in [0.1, 0.15) is 218 Å². The molecule has 0 aromatic heterocycles. The van der Waals surface area contributed by atoms with Gasteiger partial charge in [0.25, 0.3) is 11.8 Å². The van der Waals surface area contributed by atoms with Gasteiger partial charge in [-0.3, -0.25) is 19.2 Å². The van der Waals surface area contributed by atoms with Gasteiger partial charge in [0.05, 0.1) is 62.1 Å². The second-order valence-corrected chi connectivity index (χ2v) is 41.6. The minimum atomic E-state index is -5.08. The van der Waals surface area contributed by atoms with Crippen LogP contribution in [0.4, 0.5) is 13.2 Å². The smallest absolute Gasteiger partial charge is 0.490 e. The van der Waals surface area contributed by atoms with Gasteiger partial charge in [0.2, 0.25) is 0 Å². The molecular weight excluding hydrogens is 1650 g/mol. The zero-order valence-corrected chi connectivity index (χ0v) is 73.0. The molecule has 128 heavy (non-hydrogen) atoms. The molecule has 8 aliphatic heterocycles. The van der Waals surface area contributed by atoms with E-state index in [1.165, 1.54) is 36.0 Å². The first kappa shape index (κ1) is 85.6. The fraction of sp³-hybridized carbons (Fsp3) is 0.570. The van der Waals surface area contributed by atoms with Crippen LogP contribution in [-0.4, -0.2) is 215 Å². The lowest BCUT2D eigenvalue weighted by molar-refractivity contribution is -1.13. The fourth-order valence-corrected chi connectivity index (χ4v) is 29.1. The number of quaternary nitrogens is 4. The van der Waals surface area contributed by atoms with Crippen LogP contribution in [0.2, 0.25) is 0 Å². The van der Waals surface area contributed by atoms with Crippen LogP contribution >= 0.6 is 0 Å². The van der Waals surface area contributed by atoms with E-state index >= 15 is 0 Å². The van der Waals surface area contributed by atoms with E-state index in [1.807, 2.05) is 86.6 Å². The molecule has 6 aromatic carbocycles. The quantitative estimate of drug-likeness (QED) is 0.0302. The first-order chi connectivity index (χ1) is 61.0. The van der Waals surface area contributed by atoms with Crippen molar-refractivity contribution < 1.29 is 110 Å². The Morgan fingerprint density at radius 1 is 0.523 bits per heavy atom. The van der Waals surface area contributed by atoms with Gasteiger partial charge in [-0.05, 0) is 185 Å². The van der Waals surface area contributed by atoms with Crippen molar-refractivity contribution in [1.29, 1.82) is 0 Å². The summed E-state index contributed by atoms with van der Waals surface area (Å²) in [6.45, 7) is 16.5. The molecule has 11 aliphatic carbocycles. The number of benzene rings is 6. The number of amides is 2. The Bertz CT molecular complexity index is 5410. The third-order valence-corrected chi connectivity index (χ3v) is 35.0. The van der Waals surface area contributed by atoms with Crippen LogP contribution in [0.25, 0.3) is 0 Å². The van der Waals surface area contributed by atoms with E-state index in [0.29, 0.717) is 136 Å². The first-order valence-corrected chi connectivity index (χ1v) is 46.8. The van der Waals surface area contributed by atoms with Crippen molar-refractivity contribution in [3.63, 3.8) is 0 Å². The summed E-state index contributed by atoms with van der Waals surface area (Å²) in [6.07, 6.45) is 13.6. The van der Waals surface area contributed by atoms with E-state index in [-0.39, 0.29) is 107 Å². The van der Waals surface area contributed by atoms with E-state index in [9.17, 15) is 73.6 Å². The lowest BCUT2D eigenvalue weighted by Gasteiger charge is -2.69. The number of likely N-dealkylation sites (tertiary alicyclic amines) is 3. The molecule has 5 saturated heterocycles. The number of carboxylic acids is 1. The van der Waals surface area contributed by atoms with Gasteiger partial charge in [-0.2, -0.15) is 17.8 Å². The number of alkyl halides is 3. The molecule has 25 rings (SSSR count). The molecule has 8 heterocycles. The topological polar surface area (TPSA) is 346 Å². The number of Topliss-reactive ketones (excluding diaryl/α,β-unsaturated/α-hetero) is 2. The molecule has 7 saturated carbocycles. The Morgan fingerprint density at radius 2 is 0.953 bits per heavy atom. The number of carboxylic acid groups (broad SMARTS) is 1. The molecule has 19 aliphatic rings. The number of aromatic hydroxyl groups is 4. The zero-order valence-electron chi connectivity index (χ0n) is 73.0. The van der Waals surface area contributed by atoms with E-state index < -0.39 is 63.9 Å². The number of aryl methyl sites for hydroxylation is 2. The summed E-state index contributed by atoms with van der Waals surface area (Å²) in [5.41, 5.74) is 8.14. The number of carbonyl (C=O) groups is 5. The molecule has 28 heteroatoms. The summed E-state index contributed by atoms with van der Waals surface area (Å²) in [7, 11) is 0. The second kappa shape index (κ2) is 29.7. The molecule has 680 valence electrons. The van der Waals surface area contributed by atoms with Gasteiger partial charge in [-0.15, -0.1) is 0 Å². The van der Waals surface area contributed by atoms with E-state index in [1.54, 1.807) is 24.3 Å². The molecule has 4 spiro atoms. The lowest BCUT2D eigenvalue weighted by Crippen LogP contribution is -2.85. The Hall–Kier alpha value is -9.20. The minimum absolute atomic E-state index is 0.00995. The van der Waals surface area contributed by atoms with Gasteiger partial charge < -0.3 is 89.4 Å². The summed E-state index contributed by atoms with van der Waals surface area (Å²) in [5.74, 6) is 0.223. The summed E-state index contributed by atoms with van der Waals surface area (Å²) >= 11 is 0. The number of hydrogen-bond acceptors (Lipinski definition) is 18. The largest absolute Gasteiger partial charge is 0.633 e. The van der Waals surface area contributed by atoms with Crippen LogP contribution in [0, 0.1) is 47.2 Å². The highest BCUT2D eigenvalue weighted by molar-refractivity contribution is 5.98. The van der Waals surface area contributed by atoms with Crippen molar-refractivity contribution in [3.05, 3.63) is 198 Å². The Morgan fingerprint density at radius 3 is 1.43 bits per heavy atom. The van der Waals surface area contributed by atoms with Gasteiger partial charge in [-0.25, -0.2) is 10.0 Å². The number of carbonyl (C=O) groups excluding carboxylic acids is 4. The van der Waals surface area contributed by atoms with E-state index in [2.05, 4.69) is 30.2 Å². The zero-order chi connectivity index (χ0) is 89.4. The number of aliphatic carboxylic acids is 1. The van der Waals surface area contributed by atoms with Crippen molar-refractivity contribution in [3.8, 4) is 40.2 Å². The first-order valence-electron chi connectivity index (χ1n) is 46.8. The maximum atomic E-state index is 14.6. The predicted octanol–water partition coefficient (Wildman–Crippen LogP) is 13.7. The maximum absolute atomic E-state index is 14.6. The summed E-state index contributed by atoms with van der Waals surface area (Å²) in [6, 6.07) is 30.7. The average Bonchev–Trinajstić information content (AvgIpc) is 1.26. The minimum Gasteiger partial charge on any atom is -0.633 e. The molecule has 10 bridgehead atoms. The van der Waals surface area contributed by atoms with Crippen molar-refractivity contribution in [2.45, 2.75) is 274 Å². The number of nitrogens with one attached hydrogen (secondary N) is 2. The van der Waals surface area contributed by atoms with Crippen molar-refractivity contribution in [1.82, 2.24) is 10.6 Å². The second-order valence-electron chi connectivity index (χ2n) is 41.6. The highest BCUT2D eigenvalue weighted by Crippen LogP contribution is 2.72. The average molecular weight is 1760 g/mol. The summed E-state index contributed by atoms with van der Waals surface area (Å²) < 4.78 is 63.3. The molecule has 19 atom stereocenters. The number of nitrogens with zero attached hydrogens (tertiary/aromatic N) is 4. The van der Waals surface area contributed by atoms with Gasteiger partial charge in [0.15, 0.2) is 64.3 Å². The Balaban J connectivity index is 0.000000102. The van der Waals surface area contributed by atoms with Gasteiger partial charge in [0, 0.05) is 122 Å². The highest BCUT2D eigenvalue weighted by atomic mass is 19.4. The lowest BCUT2D eigenvalue weighted by atomic mass is 9.47. The van der Waals surface area contributed by atoms with Gasteiger partial charge >= 0.3 is 12.1 Å². The van der Waals surface area contributed by atoms with Crippen LogP contribution in [0.15, 0.2) is 115 Å². The number of piperidine rings is 4.